The number of halogens is 1. The third-order valence-corrected chi connectivity index (χ3v) is 2.47. The van der Waals surface area contributed by atoms with Gasteiger partial charge in [0.25, 0.3) is 0 Å². The summed E-state index contributed by atoms with van der Waals surface area (Å²) in [6.07, 6.45) is 0.470. The molecule has 0 fully saturated rings. The maximum absolute atomic E-state index is 10.8. The average molecular weight is 215 g/mol. The molecule has 0 aliphatic rings. The highest BCUT2D eigenvalue weighted by atomic mass is 35.5. The van der Waals surface area contributed by atoms with Crippen molar-refractivity contribution in [3.63, 3.8) is 0 Å². The Morgan fingerprint density at radius 1 is 1.54 bits per heavy atom. The van der Waals surface area contributed by atoms with Gasteiger partial charge >= 0.3 is 0 Å². The van der Waals surface area contributed by atoms with Crippen molar-refractivity contribution in [3.05, 3.63) is 29.3 Å². The van der Waals surface area contributed by atoms with Crippen LogP contribution in [0.4, 0.5) is 0 Å². The first-order valence-electron chi connectivity index (χ1n) is 3.99. The van der Waals surface area contributed by atoms with Crippen molar-refractivity contribution in [1.82, 2.24) is 0 Å². The predicted octanol–water partition coefficient (Wildman–Crippen LogP) is 2.85. The van der Waals surface area contributed by atoms with E-state index in [9.17, 15) is 4.79 Å². The monoisotopic (exact) mass is 214 g/mol. The van der Waals surface area contributed by atoms with Gasteiger partial charge in [0.05, 0.1) is 0 Å². The topological polar surface area (TPSA) is 17.1 Å². The molecule has 0 amide bonds. The van der Waals surface area contributed by atoms with Crippen LogP contribution in [0.2, 0.25) is 0 Å². The van der Waals surface area contributed by atoms with Crippen molar-refractivity contribution in [3.8, 4) is 0 Å². The molecule has 0 bridgehead atoms. The number of benzene rings is 1. The SMILES string of the molecule is CC(=O)Cc1ccc(S)c(CCl)c1. The van der Waals surface area contributed by atoms with Gasteiger partial charge in [0.1, 0.15) is 5.78 Å². The van der Waals surface area contributed by atoms with E-state index in [4.69, 9.17) is 11.6 Å². The van der Waals surface area contributed by atoms with Crippen molar-refractivity contribution < 1.29 is 4.79 Å². The minimum Gasteiger partial charge on any atom is -0.300 e. The summed E-state index contributed by atoms with van der Waals surface area (Å²) in [6.45, 7) is 1.58. The van der Waals surface area contributed by atoms with Gasteiger partial charge in [-0.05, 0) is 24.1 Å². The quantitative estimate of drug-likeness (QED) is 0.605. The van der Waals surface area contributed by atoms with Crippen LogP contribution in [-0.2, 0) is 17.1 Å². The van der Waals surface area contributed by atoms with Crippen molar-refractivity contribution in [2.24, 2.45) is 0 Å². The second kappa shape index (κ2) is 4.68. The van der Waals surface area contributed by atoms with Crippen LogP contribution in [0.25, 0.3) is 0 Å². The van der Waals surface area contributed by atoms with Crippen LogP contribution in [0, 0.1) is 0 Å². The maximum atomic E-state index is 10.8. The lowest BCUT2D eigenvalue weighted by atomic mass is 10.1. The number of hydrogen-bond acceptors (Lipinski definition) is 2. The number of carbonyl (C=O) groups is 1. The number of hydrogen-bond donors (Lipinski definition) is 1. The molecule has 1 rings (SSSR count). The normalized spacial score (nSPS) is 10.1. The summed E-state index contributed by atoms with van der Waals surface area (Å²) in [5.41, 5.74) is 1.98. The van der Waals surface area contributed by atoms with Gasteiger partial charge < -0.3 is 0 Å². The lowest BCUT2D eigenvalue weighted by molar-refractivity contribution is -0.116. The molecule has 0 unspecified atom stereocenters. The third-order valence-electron chi connectivity index (χ3n) is 1.74. The minimum atomic E-state index is 0.160. The number of alkyl halides is 1. The van der Waals surface area contributed by atoms with E-state index in [2.05, 4.69) is 12.6 Å². The van der Waals surface area contributed by atoms with Gasteiger partial charge in [-0.2, -0.15) is 0 Å². The summed E-state index contributed by atoms with van der Waals surface area (Å²) in [7, 11) is 0. The van der Waals surface area contributed by atoms with Crippen LogP contribution in [0.1, 0.15) is 18.1 Å². The Balaban J connectivity index is 2.92. The van der Waals surface area contributed by atoms with E-state index >= 15 is 0 Å². The van der Waals surface area contributed by atoms with Crippen LogP contribution in [0.3, 0.4) is 0 Å². The van der Waals surface area contributed by atoms with Gasteiger partial charge in [-0.15, -0.1) is 24.2 Å². The Morgan fingerprint density at radius 2 is 2.23 bits per heavy atom. The first kappa shape index (κ1) is 10.6. The molecule has 0 aromatic heterocycles. The Labute approximate surface area is 88.5 Å². The van der Waals surface area contributed by atoms with Crippen LogP contribution in [0.15, 0.2) is 23.1 Å². The number of rotatable bonds is 3. The molecular formula is C10H11ClOS. The summed E-state index contributed by atoms with van der Waals surface area (Å²) in [5, 5.41) is 0. The molecule has 0 atom stereocenters. The molecule has 0 spiro atoms. The zero-order valence-electron chi connectivity index (χ0n) is 7.38. The maximum Gasteiger partial charge on any atom is 0.134 e. The van der Waals surface area contributed by atoms with Gasteiger partial charge in [0, 0.05) is 17.2 Å². The number of Topliss-reactive ketones (excluding diaryl/α,β-unsaturated/α-hetero) is 1. The summed E-state index contributed by atoms with van der Waals surface area (Å²) < 4.78 is 0. The molecule has 1 nitrogen and oxygen atoms in total. The van der Waals surface area contributed by atoms with E-state index in [0.29, 0.717) is 12.3 Å². The smallest absolute Gasteiger partial charge is 0.134 e. The van der Waals surface area contributed by atoms with Gasteiger partial charge in [-0.3, -0.25) is 4.79 Å². The second-order valence-electron chi connectivity index (χ2n) is 2.98. The van der Waals surface area contributed by atoms with Gasteiger partial charge in [-0.1, -0.05) is 12.1 Å². The highest BCUT2D eigenvalue weighted by molar-refractivity contribution is 7.80. The molecule has 13 heavy (non-hydrogen) atoms. The molecule has 0 aliphatic heterocycles. The van der Waals surface area contributed by atoms with E-state index in [0.717, 1.165) is 16.0 Å². The molecule has 0 heterocycles. The van der Waals surface area contributed by atoms with Crippen LogP contribution < -0.4 is 0 Å². The molecule has 1 aromatic rings. The average Bonchev–Trinajstić information content (AvgIpc) is 2.07. The lowest BCUT2D eigenvalue weighted by Gasteiger charge is -2.03. The van der Waals surface area contributed by atoms with Crippen LogP contribution in [-0.4, -0.2) is 5.78 Å². The van der Waals surface area contributed by atoms with E-state index in [1.807, 2.05) is 18.2 Å². The molecule has 70 valence electrons. The van der Waals surface area contributed by atoms with Crippen molar-refractivity contribution in [1.29, 1.82) is 0 Å². The fourth-order valence-corrected chi connectivity index (χ4v) is 1.68. The van der Waals surface area contributed by atoms with Crippen molar-refractivity contribution in [2.45, 2.75) is 24.1 Å². The Bertz CT molecular complexity index is 323. The van der Waals surface area contributed by atoms with E-state index in [1.165, 1.54) is 0 Å². The molecule has 0 radical (unpaired) electrons. The fourth-order valence-electron chi connectivity index (χ4n) is 1.14. The van der Waals surface area contributed by atoms with E-state index in [1.54, 1.807) is 6.92 Å². The van der Waals surface area contributed by atoms with Crippen molar-refractivity contribution >= 4 is 30.0 Å². The standard InChI is InChI=1S/C10H11ClOS/c1-7(12)4-8-2-3-10(13)9(5-8)6-11/h2-3,5,13H,4,6H2,1H3. The highest BCUT2D eigenvalue weighted by Crippen LogP contribution is 2.18. The lowest BCUT2D eigenvalue weighted by Crippen LogP contribution is -1.97. The number of thiol groups is 1. The highest BCUT2D eigenvalue weighted by Gasteiger charge is 2.01. The van der Waals surface area contributed by atoms with E-state index < -0.39 is 0 Å². The largest absolute Gasteiger partial charge is 0.300 e. The minimum absolute atomic E-state index is 0.160. The molecule has 1 aromatic carbocycles. The zero-order valence-corrected chi connectivity index (χ0v) is 9.03. The molecule has 0 N–H and O–H groups in total. The summed E-state index contributed by atoms with van der Waals surface area (Å²) >= 11 is 9.95. The van der Waals surface area contributed by atoms with Gasteiger partial charge in [0.2, 0.25) is 0 Å². The summed E-state index contributed by atoms with van der Waals surface area (Å²) in [5.74, 6) is 0.595. The second-order valence-corrected chi connectivity index (χ2v) is 3.72. The van der Waals surface area contributed by atoms with Crippen LogP contribution >= 0.6 is 24.2 Å². The summed E-state index contributed by atoms with van der Waals surface area (Å²) in [4.78, 5) is 11.7. The Hall–Kier alpha value is -0.470. The van der Waals surface area contributed by atoms with Gasteiger partial charge in [-0.25, -0.2) is 0 Å². The molecule has 0 saturated heterocycles. The predicted molar refractivity (Wildman–Crippen MR) is 57.6 cm³/mol. The van der Waals surface area contributed by atoms with Gasteiger partial charge in [0.15, 0.2) is 0 Å². The molecule has 0 aliphatic carbocycles. The number of ketones is 1. The number of carbonyl (C=O) groups excluding carboxylic acids is 1. The third kappa shape index (κ3) is 3.05. The Kier molecular flexibility index (Phi) is 3.82. The van der Waals surface area contributed by atoms with E-state index in [-0.39, 0.29) is 5.78 Å². The first-order chi connectivity index (χ1) is 6.13. The summed E-state index contributed by atoms with van der Waals surface area (Å²) in [6, 6.07) is 5.70. The first-order valence-corrected chi connectivity index (χ1v) is 4.98. The van der Waals surface area contributed by atoms with Crippen molar-refractivity contribution in [2.75, 3.05) is 0 Å². The fraction of sp³-hybridized carbons (Fsp3) is 0.300. The van der Waals surface area contributed by atoms with Crippen LogP contribution in [0.5, 0.6) is 0 Å². The zero-order chi connectivity index (χ0) is 9.84. The Morgan fingerprint density at radius 3 is 2.77 bits per heavy atom. The molecule has 0 saturated carbocycles. The molecule has 3 heteroatoms. The molecular weight excluding hydrogens is 204 g/mol.